The molecule has 1 rings (SSSR count). The molecule has 0 aliphatic carbocycles. The SMILES string of the molecule is CC(C)OCc1ccn(C)n1. The largest absolute Gasteiger partial charge is 0.372 e. The summed E-state index contributed by atoms with van der Waals surface area (Å²) >= 11 is 0. The first-order chi connectivity index (χ1) is 5.18. The fourth-order valence-corrected chi connectivity index (χ4v) is 0.792. The maximum absolute atomic E-state index is 5.37. The second-order valence-electron chi connectivity index (χ2n) is 2.84. The van der Waals surface area contributed by atoms with E-state index in [1.54, 1.807) is 4.68 Å². The molecule has 0 aromatic carbocycles. The quantitative estimate of drug-likeness (QED) is 0.657. The van der Waals surface area contributed by atoms with Crippen LogP contribution in [0.2, 0.25) is 0 Å². The lowest BCUT2D eigenvalue weighted by molar-refractivity contribution is 0.0633. The molecule has 3 nitrogen and oxygen atoms in total. The molecule has 0 aliphatic heterocycles. The number of aromatic nitrogens is 2. The van der Waals surface area contributed by atoms with Gasteiger partial charge in [0.15, 0.2) is 0 Å². The van der Waals surface area contributed by atoms with Crippen molar-refractivity contribution in [3.05, 3.63) is 18.0 Å². The minimum Gasteiger partial charge on any atom is -0.372 e. The van der Waals surface area contributed by atoms with Gasteiger partial charge in [0.2, 0.25) is 0 Å². The van der Waals surface area contributed by atoms with Gasteiger partial charge in [0.25, 0.3) is 0 Å². The van der Waals surface area contributed by atoms with Crippen molar-refractivity contribution in [3.8, 4) is 0 Å². The van der Waals surface area contributed by atoms with E-state index in [9.17, 15) is 0 Å². The lowest BCUT2D eigenvalue weighted by Crippen LogP contribution is -2.03. The molecule has 0 aliphatic rings. The van der Waals surface area contributed by atoms with Gasteiger partial charge in [-0.3, -0.25) is 4.68 Å². The lowest BCUT2D eigenvalue weighted by atomic mass is 10.4. The second-order valence-corrected chi connectivity index (χ2v) is 2.84. The van der Waals surface area contributed by atoms with Gasteiger partial charge in [0.05, 0.1) is 18.4 Å². The van der Waals surface area contributed by atoms with Crippen LogP contribution in [0.1, 0.15) is 19.5 Å². The van der Waals surface area contributed by atoms with E-state index in [-0.39, 0.29) is 6.10 Å². The first-order valence-corrected chi connectivity index (χ1v) is 3.78. The molecule has 1 heterocycles. The van der Waals surface area contributed by atoms with Crippen molar-refractivity contribution in [2.24, 2.45) is 7.05 Å². The van der Waals surface area contributed by atoms with E-state index in [0.717, 1.165) is 5.69 Å². The van der Waals surface area contributed by atoms with E-state index in [0.29, 0.717) is 6.61 Å². The highest BCUT2D eigenvalue weighted by Crippen LogP contribution is 1.99. The third-order valence-electron chi connectivity index (χ3n) is 1.33. The first kappa shape index (κ1) is 8.27. The highest BCUT2D eigenvalue weighted by Gasteiger charge is 1.97. The van der Waals surface area contributed by atoms with Crippen LogP contribution in [0.25, 0.3) is 0 Å². The Kier molecular flexibility index (Phi) is 2.65. The van der Waals surface area contributed by atoms with Crippen molar-refractivity contribution in [2.45, 2.75) is 26.6 Å². The summed E-state index contributed by atoms with van der Waals surface area (Å²) in [6, 6.07) is 1.96. The Balaban J connectivity index is 2.39. The normalized spacial score (nSPS) is 10.9. The van der Waals surface area contributed by atoms with Crippen molar-refractivity contribution < 1.29 is 4.74 Å². The van der Waals surface area contributed by atoms with Crippen molar-refractivity contribution in [3.63, 3.8) is 0 Å². The maximum atomic E-state index is 5.37. The van der Waals surface area contributed by atoms with Crippen LogP contribution >= 0.6 is 0 Å². The highest BCUT2D eigenvalue weighted by molar-refractivity contribution is 4.96. The standard InChI is InChI=1S/C8H14N2O/c1-7(2)11-6-8-4-5-10(3)9-8/h4-5,7H,6H2,1-3H3. The van der Waals surface area contributed by atoms with Gasteiger partial charge in [-0.25, -0.2) is 0 Å². The third-order valence-corrected chi connectivity index (χ3v) is 1.33. The molecular weight excluding hydrogens is 140 g/mol. The maximum Gasteiger partial charge on any atom is 0.0909 e. The van der Waals surface area contributed by atoms with Gasteiger partial charge in [-0.15, -0.1) is 0 Å². The average molecular weight is 154 g/mol. The number of hydrogen-bond donors (Lipinski definition) is 0. The summed E-state index contributed by atoms with van der Waals surface area (Å²) < 4.78 is 7.14. The first-order valence-electron chi connectivity index (χ1n) is 3.78. The predicted molar refractivity (Wildman–Crippen MR) is 43.1 cm³/mol. The minimum atomic E-state index is 0.275. The zero-order chi connectivity index (χ0) is 8.27. The summed E-state index contributed by atoms with van der Waals surface area (Å²) in [6.45, 7) is 4.64. The molecule has 0 saturated heterocycles. The summed E-state index contributed by atoms with van der Waals surface area (Å²) in [5.74, 6) is 0. The van der Waals surface area contributed by atoms with Gasteiger partial charge in [0.1, 0.15) is 0 Å². The Bertz CT molecular complexity index is 218. The highest BCUT2D eigenvalue weighted by atomic mass is 16.5. The summed E-state index contributed by atoms with van der Waals surface area (Å²) in [7, 11) is 1.90. The van der Waals surface area contributed by atoms with E-state index in [1.807, 2.05) is 33.2 Å². The van der Waals surface area contributed by atoms with Gasteiger partial charge < -0.3 is 4.74 Å². The van der Waals surface area contributed by atoms with Crippen molar-refractivity contribution in [2.75, 3.05) is 0 Å². The fraction of sp³-hybridized carbons (Fsp3) is 0.625. The zero-order valence-electron chi connectivity index (χ0n) is 7.24. The number of nitrogens with zero attached hydrogens (tertiary/aromatic N) is 2. The number of hydrogen-bond acceptors (Lipinski definition) is 2. The van der Waals surface area contributed by atoms with Crippen molar-refractivity contribution in [1.82, 2.24) is 9.78 Å². The van der Waals surface area contributed by atoms with E-state index >= 15 is 0 Å². The van der Waals surface area contributed by atoms with Gasteiger partial charge in [-0.05, 0) is 19.9 Å². The Morgan fingerprint density at radius 2 is 2.36 bits per heavy atom. The molecule has 0 saturated carbocycles. The molecule has 11 heavy (non-hydrogen) atoms. The predicted octanol–water partition coefficient (Wildman–Crippen LogP) is 1.35. The number of rotatable bonds is 3. The van der Waals surface area contributed by atoms with Gasteiger partial charge in [-0.1, -0.05) is 0 Å². The molecule has 3 heteroatoms. The van der Waals surface area contributed by atoms with Gasteiger partial charge >= 0.3 is 0 Å². The van der Waals surface area contributed by atoms with E-state index in [4.69, 9.17) is 4.74 Å². The van der Waals surface area contributed by atoms with Crippen LogP contribution in [0.4, 0.5) is 0 Å². The van der Waals surface area contributed by atoms with E-state index < -0.39 is 0 Å². The molecule has 0 unspecified atom stereocenters. The molecule has 0 bridgehead atoms. The van der Waals surface area contributed by atoms with Crippen LogP contribution < -0.4 is 0 Å². The third kappa shape index (κ3) is 2.72. The number of aryl methyl sites for hydroxylation is 1. The molecular formula is C8H14N2O. The summed E-state index contributed by atoms with van der Waals surface area (Å²) in [6.07, 6.45) is 2.19. The van der Waals surface area contributed by atoms with Crippen molar-refractivity contribution in [1.29, 1.82) is 0 Å². The molecule has 0 spiro atoms. The Morgan fingerprint density at radius 1 is 1.64 bits per heavy atom. The minimum absolute atomic E-state index is 0.275. The van der Waals surface area contributed by atoms with Crippen LogP contribution in [-0.4, -0.2) is 15.9 Å². The Morgan fingerprint density at radius 3 is 2.82 bits per heavy atom. The van der Waals surface area contributed by atoms with Crippen molar-refractivity contribution >= 4 is 0 Å². The summed E-state index contributed by atoms with van der Waals surface area (Å²) in [5, 5.41) is 4.17. The Hall–Kier alpha value is -0.830. The second kappa shape index (κ2) is 3.53. The fourth-order valence-electron chi connectivity index (χ4n) is 0.792. The summed E-state index contributed by atoms with van der Waals surface area (Å²) in [5.41, 5.74) is 0.987. The number of ether oxygens (including phenoxy) is 1. The van der Waals surface area contributed by atoms with Crippen LogP contribution in [0.3, 0.4) is 0 Å². The Labute approximate surface area is 67.0 Å². The molecule has 0 radical (unpaired) electrons. The zero-order valence-corrected chi connectivity index (χ0v) is 7.24. The topological polar surface area (TPSA) is 27.1 Å². The molecule has 62 valence electrons. The van der Waals surface area contributed by atoms with E-state index in [1.165, 1.54) is 0 Å². The lowest BCUT2D eigenvalue weighted by Gasteiger charge is -2.03. The molecule has 0 fully saturated rings. The molecule has 0 atom stereocenters. The molecule has 0 N–H and O–H groups in total. The van der Waals surface area contributed by atoms with Crippen LogP contribution in [-0.2, 0) is 18.4 Å². The van der Waals surface area contributed by atoms with Crippen LogP contribution in [0.5, 0.6) is 0 Å². The van der Waals surface area contributed by atoms with Gasteiger partial charge in [0, 0.05) is 13.2 Å². The molecule has 0 amide bonds. The monoisotopic (exact) mass is 154 g/mol. The smallest absolute Gasteiger partial charge is 0.0909 e. The molecule has 1 aromatic heterocycles. The van der Waals surface area contributed by atoms with Crippen LogP contribution in [0.15, 0.2) is 12.3 Å². The van der Waals surface area contributed by atoms with E-state index in [2.05, 4.69) is 5.10 Å². The molecule has 1 aromatic rings. The summed E-state index contributed by atoms with van der Waals surface area (Å²) in [4.78, 5) is 0. The average Bonchev–Trinajstić information content (AvgIpc) is 2.31. The van der Waals surface area contributed by atoms with Gasteiger partial charge in [-0.2, -0.15) is 5.10 Å². The van der Waals surface area contributed by atoms with Crippen LogP contribution in [0, 0.1) is 0 Å².